The van der Waals surface area contributed by atoms with Crippen molar-refractivity contribution >= 4 is 0 Å². The topological polar surface area (TPSA) is 54.5 Å². The number of hydrogen-bond acceptors (Lipinski definition) is 3. The molecule has 3 rings (SSSR count). The van der Waals surface area contributed by atoms with Gasteiger partial charge in [-0.25, -0.2) is 9.67 Å². The maximum Gasteiger partial charge on any atom is 0.252 e. The Hall–Kier alpha value is -2.15. The highest BCUT2D eigenvalue weighted by atomic mass is 15.3. The fraction of sp³-hybridized carbons (Fsp3) is 0.250. The predicted octanol–water partition coefficient (Wildman–Crippen LogP) is 2.02. The van der Waals surface area contributed by atoms with Crippen LogP contribution < -0.4 is 0 Å². The van der Waals surface area contributed by atoms with Gasteiger partial charge < -0.3 is 0 Å². The molecule has 0 radical (unpaired) electrons. The number of rotatable bonds is 2. The Bertz CT molecular complexity index is 560. The lowest BCUT2D eigenvalue weighted by Gasteiger charge is -2.02. The van der Waals surface area contributed by atoms with Crippen molar-refractivity contribution in [1.82, 2.24) is 14.8 Å². The maximum absolute atomic E-state index is 8.66. The summed E-state index contributed by atoms with van der Waals surface area (Å²) < 4.78 is 1.64. The van der Waals surface area contributed by atoms with Crippen LogP contribution in [-0.2, 0) is 0 Å². The molecule has 0 aliphatic heterocycles. The van der Waals surface area contributed by atoms with E-state index in [1.165, 1.54) is 18.4 Å². The quantitative estimate of drug-likeness (QED) is 0.761. The molecule has 1 aliphatic rings. The van der Waals surface area contributed by atoms with E-state index in [-0.39, 0.29) is 5.82 Å². The summed E-state index contributed by atoms with van der Waals surface area (Å²) in [5.74, 6) is 0.927. The molecule has 0 amide bonds. The first-order chi connectivity index (χ1) is 7.86. The second-order valence-electron chi connectivity index (χ2n) is 3.99. The Morgan fingerprint density at radius 3 is 2.94 bits per heavy atom. The molecular formula is C12H10N4. The Balaban J connectivity index is 1.99. The third-order valence-electron chi connectivity index (χ3n) is 2.78. The second kappa shape index (κ2) is 3.46. The van der Waals surface area contributed by atoms with Crippen LogP contribution in [0.25, 0.3) is 5.69 Å². The van der Waals surface area contributed by atoms with Crippen molar-refractivity contribution in [2.24, 2.45) is 0 Å². The summed E-state index contributed by atoms with van der Waals surface area (Å²) >= 11 is 0. The lowest BCUT2D eigenvalue weighted by molar-refractivity contribution is 0.869. The molecule has 16 heavy (non-hydrogen) atoms. The van der Waals surface area contributed by atoms with E-state index in [2.05, 4.69) is 22.2 Å². The van der Waals surface area contributed by atoms with Crippen LogP contribution in [0.4, 0.5) is 0 Å². The first kappa shape index (κ1) is 9.10. The van der Waals surface area contributed by atoms with Gasteiger partial charge in [0.2, 0.25) is 0 Å². The van der Waals surface area contributed by atoms with Gasteiger partial charge in [0.15, 0.2) is 0 Å². The molecule has 0 N–H and O–H groups in total. The molecular weight excluding hydrogens is 200 g/mol. The van der Waals surface area contributed by atoms with Crippen LogP contribution in [-0.4, -0.2) is 14.8 Å². The molecule has 0 unspecified atom stereocenters. The van der Waals surface area contributed by atoms with Crippen LogP contribution in [0.15, 0.2) is 30.6 Å². The van der Waals surface area contributed by atoms with Gasteiger partial charge in [-0.1, -0.05) is 12.1 Å². The van der Waals surface area contributed by atoms with E-state index in [9.17, 15) is 0 Å². The van der Waals surface area contributed by atoms with E-state index in [1.807, 2.05) is 18.2 Å². The summed E-state index contributed by atoms with van der Waals surface area (Å²) in [6.07, 6.45) is 4.14. The number of nitrogens with zero attached hydrogens (tertiary/aromatic N) is 4. The third kappa shape index (κ3) is 1.57. The van der Waals surface area contributed by atoms with Crippen molar-refractivity contribution in [2.75, 3.05) is 0 Å². The van der Waals surface area contributed by atoms with Gasteiger partial charge in [0, 0.05) is 0 Å². The Morgan fingerprint density at radius 1 is 1.38 bits per heavy atom. The Kier molecular flexibility index (Phi) is 1.97. The van der Waals surface area contributed by atoms with Gasteiger partial charge in [-0.2, -0.15) is 5.26 Å². The molecule has 1 aliphatic carbocycles. The minimum Gasteiger partial charge on any atom is -0.220 e. The van der Waals surface area contributed by atoms with Crippen molar-refractivity contribution in [2.45, 2.75) is 18.8 Å². The summed E-state index contributed by atoms with van der Waals surface area (Å²) in [5.41, 5.74) is 2.32. The number of hydrogen-bond donors (Lipinski definition) is 0. The molecule has 0 spiro atoms. The zero-order valence-electron chi connectivity index (χ0n) is 8.67. The predicted molar refractivity (Wildman–Crippen MR) is 58.0 cm³/mol. The molecule has 1 aromatic heterocycles. The van der Waals surface area contributed by atoms with Gasteiger partial charge in [0.1, 0.15) is 12.4 Å². The summed E-state index contributed by atoms with van der Waals surface area (Å²) in [6.45, 7) is 0. The summed E-state index contributed by atoms with van der Waals surface area (Å²) in [4.78, 5) is 3.89. The molecule has 0 saturated heterocycles. The van der Waals surface area contributed by atoms with E-state index in [0.29, 0.717) is 0 Å². The molecule has 1 aromatic carbocycles. The van der Waals surface area contributed by atoms with Gasteiger partial charge in [0.05, 0.1) is 5.69 Å². The van der Waals surface area contributed by atoms with Crippen molar-refractivity contribution < 1.29 is 0 Å². The second-order valence-corrected chi connectivity index (χ2v) is 3.99. The number of aromatic nitrogens is 3. The van der Waals surface area contributed by atoms with Gasteiger partial charge in [-0.15, -0.1) is 5.10 Å². The van der Waals surface area contributed by atoms with E-state index in [0.717, 1.165) is 11.6 Å². The lowest BCUT2D eigenvalue weighted by atomic mass is 10.1. The first-order valence-corrected chi connectivity index (χ1v) is 5.29. The Labute approximate surface area is 93.2 Å². The molecule has 0 atom stereocenters. The fourth-order valence-electron chi connectivity index (χ4n) is 1.78. The molecule has 78 valence electrons. The summed E-state index contributed by atoms with van der Waals surface area (Å²) in [6, 6.07) is 10.2. The van der Waals surface area contributed by atoms with Crippen LogP contribution >= 0.6 is 0 Å². The van der Waals surface area contributed by atoms with E-state index < -0.39 is 0 Å². The smallest absolute Gasteiger partial charge is 0.220 e. The molecule has 4 heteroatoms. The zero-order chi connectivity index (χ0) is 11.0. The minimum absolute atomic E-state index is 0.205. The van der Waals surface area contributed by atoms with Gasteiger partial charge in [-0.05, 0) is 36.5 Å². The Morgan fingerprint density at radius 2 is 2.25 bits per heavy atom. The van der Waals surface area contributed by atoms with Crippen molar-refractivity contribution in [3.63, 3.8) is 0 Å². The molecule has 1 fully saturated rings. The zero-order valence-corrected chi connectivity index (χ0v) is 8.67. The van der Waals surface area contributed by atoms with Crippen LogP contribution in [0.5, 0.6) is 0 Å². The molecule has 1 heterocycles. The van der Waals surface area contributed by atoms with Crippen molar-refractivity contribution in [3.05, 3.63) is 42.0 Å². The van der Waals surface area contributed by atoms with Crippen molar-refractivity contribution in [1.29, 1.82) is 5.26 Å². The van der Waals surface area contributed by atoms with E-state index >= 15 is 0 Å². The van der Waals surface area contributed by atoms with Crippen LogP contribution in [0.1, 0.15) is 30.1 Å². The highest BCUT2D eigenvalue weighted by Gasteiger charge is 2.23. The van der Waals surface area contributed by atoms with Gasteiger partial charge >= 0.3 is 0 Å². The minimum atomic E-state index is 0.205. The number of nitriles is 1. The first-order valence-electron chi connectivity index (χ1n) is 5.29. The normalized spacial score (nSPS) is 14.7. The SMILES string of the molecule is N#Cc1ncn(-c2cccc(C3CC3)c2)n1. The maximum atomic E-state index is 8.66. The van der Waals surface area contributed by atoms with Gasteiger partial charge in [0.25, 0.3) is 5.82 Å². The van der Waals surface area contributed by atoms with Crippen LogP contribution in [0, 0.1) is 11.3 Å². The third-order valence-corrected chi connectivity index (χ3v) is 2.78. The van der Waals surface area contributed by atoms with Crippen molar-refractivity contribution in [3.8, 4) is 11.8 Å². The lowest BCUT2D eigenvalue weighted by Crippen LogP contribution is -1.95. The number of benzene rings is 1. The largest absolute Gasteiger partial charge is 0.252 e. The molecule has 2 aromatic rings. The van der Waals surface area contributed by atoms with E-state index in [1.54, 1.807) is 11.0 Å². The van der Waals surface area contributed by atoms with E-state index in [4.69, 9.17) is 5.26 Å². The monoisotopic (exact) mass is 210 g/mol. The van der Waals surface area contributed by atoms with Gasteiger partial charge in [-0.3, -0.25) is 0 Å². The summed E-state index contributed by atoms with van der Waals surface area (Å²) in [7, 11) is 0. The standard InChI is InChI=1S/C12H10N4/c13-7-12-14-8-16(15-12)11-3-1-2-10(6-11)9-4-5-9/h1-3,6,8-9H,4-5H2. The molecule has 4 nitrogen and oxygen atoms in total. The molecule has 1 saturated carbocycles. The summed E-state index contributed by atoms with van der Waals surface area (Å²) in [5, 5.41) is 12.7. The van der Waals surface area contributed by atoms with Crippen LogP contribution in [0.2, 0.25) is 0 Å². The highest BCUT2D eigenvalue weighted by Crippen LogP contribution is 2.40. The fourth-order valence-corrected chi connectivity index (χ4v) is 1.78. The average molecular weight is 210 g/mol. The van der Waals surface area contributed by atoms with Crippen LogP contribution in [0.3, 0.4) is 0 Å². The highest BCUT2D eigenvalue weighted by molar-refractivity contribution is 5.38. The average Bonchev–Trinajstić information content (AvgIpc) is 3.07. The molecule has 0 bridgehead atoms.